The van der Waals surface area contributed by atoms with Crippen LogP contribution in [0.4, 0.5) is 0 Å². The molecule has 2 N–H and O–H groups in total. The van der Waals surface area contributed by atoms with Gasteiger partial charge in [-0.3, -0.25) is 4.90 Å². The second kappa shape index (κ2) is 6.53. The van der Waals surface area contributed by atoms with Crippen LogP contribution in [0.1, 0.15) is 38.5 Å². The summed E-state index contributed by atoms with van der Waals surface area (Å²) in [4.78, 5) is 5.04. The van der Waals surface area contributed by atoms with Gasteiger partial charge in [-0.2, -0.15) is 0 Å². The molecule has 3 atom stereocenters. The average Bonchev–Trinajstić information content (AvgIpc) is 3.05. The highest BCUT2D eigenvalue weighted by Crippen LogP contribution is 2.27. The third-order valence-electron chi connectivity index (χ3n) is 5.14. The molecule has 3 aliphatic heterocycles. The van der Waals surface area contributed by atoms with Gasteiger partial charge in [0.25, 0.3) is 0 Å². The zero-order chi connectivity index (χ0) is 13.1. The number of aliphatic hydroxyl groups is 1. The van der Waals surface area contributed by atoms with Gasteiger partial charge in [-0.05, 0) is 51.7 Å². The van der Waals surface area contributed by atoms with Gasteiger partial charge < -0.3 is 15.3 Å². The number of nitrogens with one attached hydrogen (secondary N) is 1. The van der Waals surface area contributed by atoms with Crippen molar-refractivity contribution in [2.24, 2.45) is 0 Å². The predicted molar refractivity (Wildman–Crippen MR) is 77.3 cm³/mol. The summed E-state index contributed by atoms with van der Waals surface area (Å²) in [6.45, 7) is 6.52. The topological polar surface area (TPSA) is 38.7 Å². The van der Waals surface area contributed by atoms with Crippen molar-refractivity contribution in [3.8, 4) is 0 Å². The van der Waals surface area contributed by atoms with Crippen LogP contribution in [0.15, 0.2) is 0 Å². The van der Waals surface area contributed by atoms with Crippen LogP contribution in [-0.2, 0) is 0 Å². The molecule has 4 heteroatoms. The first-order valence-corrected chi connectivity index (χ1v) is 8.21. The lowest BCUT2D eigenvalue weighted by molar-refractivity contribution is 0.114. The fraction of sp³-hybridized carbons (Fsp3) is 1.00. The maximum atomic E-state index is 10.1. The van der Waals surface area contributed by atoms with Crippen molar-refractivity contribution in [1.82, 2.24) is 15.1 Å². The molecule has 0 bridgehead atoms. The van der Waals surface area contributed by atoms with Crippen molar-refractivity contribution >= 4 is 0 Å². The molecule has 3 saturated heterocycles. The zero-order valence-electron chi connectivity index (χ0n) is 12.1. The second-order valence-electron chi connectivity index (χ2n) is 6.56. The number of nitrogens with zero attached hydrogens (tertiary/aromatic N) is 2. The smallest absolute Gasteiger partial charge is 0.0791 e. The lowest BCUT2D eigenvalue weighted by Gasteiger charge is -2.33. The molecular formula is C15H29N3O. The van der Waals surface area contributed by atoms with Gasteiger partial charge >= 0.3 is 0 Å². The molecule has 3 heterocycles. The van der Waals surface area contributed by atoms with Crippen molar-refractivity contribution in [3.05, 3.63) is 0 Å². The summed E-state index contributed by atoms with van der Waals surface area (Å²) in [6.07, 6.45) is 7.78. The van der Waals surface area contributed by atoms with Crippen LogP contribution in [0.25, 0.3) is 0 Å². The van der Waals surface area contributed by atoms with E-state index in [4.69, 9.17) is 0 Å². The lowest BCUT2D eigenvalue weighted by atomic mass is 9.99. The Hall–Kier alpha value is -0.160. The largest absolute Gasteiger partial charge is 0.390 e. The number of hydrogen-bond donors (Lipinski definition) is 2. The van der Waals surface area contributed by atoms with Crippen LogP contribution < -0.4 is 5.32 Å². The summed E-state index contributed by atoms with van der Waals surface area (Å²) in [6, 6.07) is 1.36. The molecule has 3 aliphatic rings. The standard InChI is InChI=1S/C15H29N3O/c19-13(12-17-7-3-4-8-17)11-16-14-6-10-18-9-2-1-5-15(14)18/h13-16,19H,1-12H2. The van der Waals surface area contributed by atoms with Gasteiger partial charge in [0.05, 0.1) is 6.10 Å². The van der Waals surface area contributed by atoms with Crippen molar-refractivity contribution in [1.29, 1.82) is 0 Å². The Balaban J connectivity index is 1.39. The summed E-state index contributed by atoms with van der Waals surface area (Å²) in [7, 11) is 0. The number of piperidine rings is 1. The quantitative estimate of drug-likeness (QED) is 0.767. The number of aliphatic hydroxyl groups excluding tert-OH is 1. The van der Waals surface area contributed by atoms with E-state index in [-0.39, 0.29) is 6.10 Å². The van der Waals surface area contributed by atoms with Crippen LogP contribution in [0.3, 0.4) is 0 Å². The Morgan fingerprint density at radius 3 is 2.63 bits per heavy atom. The molecule has 0 amide bonds. The Morgan fingerprint density at radius 2 is 1.79 bits per heavy atom. The minimum Gasteiger partial charge on any atom is -0.390 e. The molecule has 0 spiro atoms. The van der Waals surface area contributed by atoms with Gasteiger partial charge in [-0.1, -0.05) is 6.42 Å². The Kier molecular flexibility index (Phi) is 4.74. The van der Waals surface area contributed by atoms with Crippen molar-refractivity contribution in [2.75, 3.05) is 39.3 Å². The molecule has 4 nitrogen and oxygen atoms in total. The first-order chi connectivity index (χ1) is 9.33. The second-order valence-corrected chi connectivity index (χ2v) is 6.56. The Labute approximate surface area is 117 Å². The first-order valence-electron chi connectivity index (χ1n) is 8.21. The summed E-state index contributed by atoms with van der Waals surface area (Å²) >= 11 is 0. The highest BCUT2D eigenvalue weighted by atomic mass is 16.3. The fourth-order valence-electron chi connectivity index (χ4n) is 4.10. The normalized spacial score (nSPS) is 34.6. The number of rotatable bonds is 5. The van der Waals surface area contributed by atoms with Gasteiger partial charge in [0.2, 0.25) is 0 Å². The molecule has 19 heavy (non-hydrogen) atoms. The summed E-state index contributed by atoms with van der Waals surface area (Å²) in [5.74, 6) is 0. The predicted octanol–water partition coefficient (Wildman–Crippen LogP) is 0.659. The molecule has 0 radical (unpaired) electrons. The van der Waals surface area contributed by atoms with Gasteiger partial charge in [0, 0.05) is 31.7 Å². The molecule has 3 unspecified atom stereocenters. The van der Waals surface area contributed by atoms with Gasteiger partial charge in [-0.15, -0.1) is 0 Å². The van der Waals surface area contributed by atoms with E-state index in [9.17, 15) is 5.11 Å². The van der Waals surface area contributed by atoms with Crippen LogP contribution in [0.5, 0.6) is 0 Å². The SMILES string of the molecule is OC(CNC1CCN2CCCCC12)CN1CCCC1. The molecule has 0 aromatic carbocycles. The van der Waals surface area contributed by atoms with E-state index in [2.05, 4.69) is 15.1 Å². The maximum Gasteiger partial charge on any atom is 0.0791 e. The molecule has 0 saturated carbocycles. The van der Waals surface area contributed by atoms with E-state index < -0.39 is 0 Å². The van der Waals surface area contributed by atoms with Crippen molar-refractivity contribution in [2.45, 2.75) is 56.7 Å². The molecule has 0 aliphatic carbocycles. The molecule has 0 aromatic rings. The monoisotopic (exact) mass is 267 g/mol. The Morgan fingerprint density at radius 1 is 1.00 bits per heavy atom. The first kappa shape index (κ1) is 13.8. The number of β-amino-alcohol motifs (C(OH)–C–C–N with tert-alkyl or cyclic N) is 1. The Bertz CT molecular complexity index is 281. The fourth-order valence-corrected chi connectivity index (χ4v) is 4.10. The van der Waals surface area contributed by atoms with Crippen molar-refractivity contribution < 1.29 is 5.11 Å². The van der Waals surface area contributed by atoms with E-state index >= 15 is 0 Å². The van der Waals surface area contributed by atoms with E-state index in [0.29, 0.717) is 6.04 Å². The number of fused-ring (bicyclic) bond motifs is 1. The van der Waals surface area contributed by atoms with Crippen LogP contribution in [0.2, 0.25) is 0 Å². The van der Waals surface area contributed by atoms with Gasteiger partial charge in [0.15, 0.2) is 0 Å². The summed E-state index contributed by atoms with van der Waals surface area (Å²) in [5.41, 5.74) is 0. The highest BCUT2D eigenvalue weighted by Gasteiger charge is 2.35. The molecule has 0 aromatic heterocycles. The molecular weight excluding hydrogens is 238 g/mol. The van der Waals surface area contributed by atoms with Gasteiger partial charge in [-0.25, -0.2) is 0 Å². The average molecular weight is 267 g/mol. The van der Waals surface area contributed by atoms with Crippen LogP contribution >= 0.6 is 0 Å². The minimum absolute atomic E-state index is 0.198. The van der Waals surface area contributed by atoms with Crippen LogP contribution in [0, 0.1) is 0 Å². The zero-order valence-corrected chi connectivity index (χ0v) is 12.1. The number of hydrogen-bond acceptors (Lipinski definition) is 4. The third-order valence-corrected chi connectivity index (χ3v) is 5.14. The van der Waals surface area contributed by atoms with Crippen LogP contribution in [-0.4, -0.2) is 72.4 Å². The molecule has 3 fully saturated rings. The summed E-state index contributed by atoms with van der Waals surface area (Å²) < 4.78 is 0. The van der Waals surface area contributed by atoms with E-state index in [0.717, 1.165) is 19.1 Å². The van der Waals surface area contributed by atoms with E-state index in [1.165, 1.54) is 64.7 Å². The summed E-state index contributed by atoms with van der Waals surface area (Å²) in [5, 5.41) is 13.8. The minimum atomic E-state index is -0.198. The van der Waals surface area contributed by atoms with E-state index in [1.54, 1.807) is 0 Å². The van der Waals surface area contributed by atoms with E-state index in [1.807, 2.05) is 0 Å². The maximum absolute atomic E-state index is 10.1. The van der Waals surface area contributed by atoms with Gasteiger partial charge in [0.1, 0.15) is 0 Å². The lowest BCUT2D eigenvalue weighted by Crippen LogP contribution is -2.48. The third kappa shape index (κ3) is 3.48. The van der Waals surface area contributed by atoms with Crippen molar-refractivity contribution in [3.63, 3.8) is 0 Å². The molecule has 3 rings (SSSR count). The number of likely N-dealkylation sites (tertiary alicyclic amines) is 1. The highest BCUT2D eigenvalue weighted by molar-refractivity contribution is 4.94. The molecule has 110 valence electrons.